The molecule has 1 nitrogen and oxygen atoms in total. The third-order valence-electron chi connectivity index (χ3n) is 6.71. The Balaban J connectivity index is 1.70. The lowest BCUT2D eigenvalue weighted by molar-refractivity contribution is -0.0730. The predicted molar refractivity (Wildman–Crippen MR) is 82.1 cm³/mol. The van der Waals surface area contributed by atoms with E-state index < -0.39 is 0 Å². The van der Waals surface area contributed by atoms with Crippen molar-refractivity contribution in [1.29, 1.82) is 0 Å². The molecule has 19 heavy (non-hydrogen) atoms. The van der Waals surface area contributed by atoms with Crippen molar-refractivity contribution in [1.82, 2.24) is 5.32 Å². The van der Waals surface area contributed by atoms with Crippen molar-refractivity contribution in [2.24, 2.45) is 29.1 Å². The molecule has 0 radical (unpaired) electrons. The van der Waals surface area contributed by atoms with E-state index in [1.165, 1.54) is 25.7 Å². The van der Waals surface area contributed by atoms with Gasteiger partial charge >= 0.3 is 0 Å². The molecule has 1 heteroatoms. The molecule has 1 N–H and O–H groups in total. The quantitative estimate of drug-likeness (QED) is 0.763. The molecule has 0 amide bonds. The van der Waals surface area contributed by atoms with Gasteiger partial charge in [0.05, 0.1) is 0 Å². The van der Waals surface area contributed by atoms with Gasteiger partial charge in [-0.25, -0.2) is 0 Å². The first-order valence-electron chi connectivity index (χ1n) is 8.78. The maximum Gasteiger partial charge on any atom is 0.00981 e. The van der Waals surface area contributed by atoms with E-state index in [4.69, 9.17) is 0 Å². The van der Waals surface area contributed by atoms with E-state index in [2.05, 4.69) is 33.0 Å². The highest BCUT2D eigenvalue weighted by molar-refractivity contribution is 5.05. The van der Waals surface area contributed by atoms with E-state index in [0.717, 1.165) is 29.7 Å². The van der Waals surface area contributed by atoms with Crippen molar-refractivity contribution in [3.05, 3.63) is 0 Å². The van der Waals surface area contributed by atoms with Gasteiger partial charge in [-0.05, 0) is 81.0 Å². The van der Waals surface area contributed by atoms with Crippen LogP contribution in [0, 0.1) is 29.1 Å². The van der Waals surface area contributed by atoms with Gasteiger partial charge in [0.15, 0.2) is 0 Å². The van der Waals surface area contributed by atoms with Gasteiger partial charge in [0, 0.05) is 12.1 Å². The molecule has 0 heterocycles. The van der Waals surface area contributed by atoms with Crippen molar-refractivity contribution >= 4 is 0 Å². The Kier molecular flexibility index (Phi) is 3.71. The second kappa shape index (κ2) is 5.06. The molecule has 4 saturated carbocycles. The minimum Gasteiger partial charge on any atom is -0.311 e. The van der Waals surface area contributed by atoms with Gasteiger partial charge in [-0.1, -0.05) is 20.8 Å². The molecule has 0 aromatic carbocycles. The summed E-state index contributed by atoms with van der Waals surface area (Å²) in [5, 5.41) is 4.02. The monoisotopic (exact) mass is 263 g/mol. The van der Waals surface area contributed by atoms with Gasteiger partial charge in [-0.2, -0.15) is 0 Å². The minimum atomic E-state index is 0.664. The summed E-state index contributed by atoms with van der Waals surface area (Å²) in [5.41, 5.74) is 0.664. The molecular formula is C18H33N. The van der Waals surface area contributed by atoms with E-state index >= 15 is 0 Å². The smallest absolute Gasteiger partial charge is 0.00981 e. The van der Waals surface area contributed by atoms with Crippen LogP contribution in [0.1, 0.15) is 72.6 Å². The second-order valence-corrected chi connectivity index (χ2v) is 8.43. The molecule has 0 saturated heterocycles. The van der Waals surface area contributed by atoms with Crippen LogP contribution < -0.4 is 5.32 Å². The summed E-state index contributed by atoms with van der Waals surface area (Å²) in [7, 11) is 0. The number of rotatable bonds is 5. The Morgan fingerprint density at radius 3 is 1.79 bits per heavy atom. The van der Waals surface area contributed by atoms with Crippen molar-refractivity contribution < 1.29 is 0 Å². The first-order chi connectivity index (χ1) is 9.02. The maximum absolute atomic E-state index is 4.02. The summed E-state index contributed by atoms with van der Waals surface area (Å²) in [5.74, 6) is 4.00. The zero-order valence-electron chi connectivity index (χ0n) is 13.4. The van der Waals surface area contributed by atoms with Crippen LogP contribution in [0.2, 0.25) is 0 Å². The molecule has 0 aromatic heterocycles. The minimum absolute atomic E-state index is 0.664. The second-order valence-electron chi connectivity index (χ2n) is 8.43. The Bertz CT molecular complexity index is 284. The molecule has 4 rings (SSSR count). The summed E-state index contributed by atoms with van der Waals surface area (Å²) in [6.07, 6.45) is 10.5. The molecular weight excluding hydrogens is 230 g/mol. The van der Waals surface area contributed by atoms with Gasteiger partial charge in [0.1, 0.15) is 0 Å². The van der Waals surface area contributed by atoms with Crippen LogP contribution in [0.15, 0.2) is 0 Å². The molecule has 0 spiro atoms. The van der Waals surface area contributed by atoms with Crippen LogP contribution in [-0.2, 0) is 0 Å². The zero-order chi connectivity index (χ0) is 13.6. The SMILES string of the molecule is CCC(NC(C)C12CC3CC(CC(C3)C1)C2)C(C)C. The fraction of sp³-hybridized carbons (Fsp3) is 1.00. The largest absolute Gasteiger partial charge is 0.311 e. The van der Waals surface area contributed by atoms with E-state index in [0.29, 0.717) is 11.5 Å². The van der Waals surface area contributed by atoms with Gasteiger partial charge in [-0.15, -0.1) is 0 Å². The van der Waals surface area contributed by atoms with Crippen LogP contribution in [0.25, 0.3) is 0 Å². The Labute approximate surface area is 119 Å². The summed E-state index contributed by atoms with van der Waals surface area (Å²) in [6.45, 7) is 9.57. The third-order valence-corrected chi connectivity index (χ3v) is 6.71. The fourth-order valence-electron chi connectivity index (χ4n) is 5.99. The molecule has 0 aliphatic heterocycles. The van der Waals surface area contributed by atoms with Crippen molar-refractivity contribution in [2.75, 3.05) is 0 Å². The average Bonchev–Trinajstić information content (AvgIpc) is 2.33. The first kappa shape index (κ1) is 13.9. The average molecular weight is 263 g/mol. The van der Waals surface area contributed by atoms with Crippen molar-refractivity contribution in [2.45, 2.75) is 84.7 Å². The lowest BCUT2D eigenvalue weighted by atomic mass is 9.48. The normalized spacial score (nSPS) is 43.7. The molecule has 4 aliphatic rings. The van der Waals surface area contributed by atoms with E-state index in [1.54, 1.807) is 19.3 Å². The highest BCUT2D eigenvalue weighted by atomic mass is 15.0. The Morgan fingerprint density at radius 2 is 1.42 bits per heavy atom. The Morgan fingerprint density at radius 1 is 0.947 bits per heavy atom. The Hall–Kier alpha value is -0.0400. The summed E-state index contributed by atoms with van der Waals surface area (Å²) < 4.78 is 0. The summed E-state index contributed by atoms with van der Waals surface area (Å²) in [4.78, 5) is 0. The van der Waals surface area contributed by atoms with Crippen molar-refractivity contribution in [3.8, 4) is 0 Å². The molecule has 2 unspecified atom stereocenters. The van der Waals surface area contributed by atoms with E-state index in [1.807, 2.05) is 0 Å². The number of hydrogen-bond donors (Lipinski definition) is 1. The van der Waals surface area contributed by atoms with E-state index in [9.17, 15) is 0 Å². The predicted octanol–water partition coefficient (Wildman–Crippen LogP) is 4.62. The summed E-state index contributed by atoms with van der Waals surface area (Å²) in [6, 6.07) is 1.44. The van der Waals surface area contributed by atoms with Gasteiger partial charge in [-0.3, -0.25) is 0 Å². The molecule has 4 bridgehead atoms. The van der Waals surface area contributed by atoms with Gasteiger partial charge < -0.3 is 5.32 Å². The zero-order valence-corrected chi connectivity index (χ0v) is 13.4. The van der Waals surface area contributed by atoms with Crippen LogP contribution in [0.5, 0.6) is 0 Å². The van der Waals surface area contributed by atoms with Gasteiger partial charge in [0.25, 0.3) is 0 Å². The third kappa shape index (κ3) is 2.48. The highest BCUT2D eigenvalue weighted by Crippen LogP contribution is 2.61. The van der Waals surface area contributed by atoms with Crippen LogP contribution in [0.3, 0.4) is 0 Å². The van der Waals surface area contributed by atoms with Crippen LogP contribution >= 0.6 is 0 Å². The van der Waals surface area contributed by atoms with Crippen LogP contribution in [0.4, 0.5) is 0 Å². The number of nitrogens with one attached hydrogen (secondary N) is 1. The van der Waals surface area contributed by atoms with E-state index in [-0.39, 0.29) is 0 Å². The first-order valence-corrected chi connectivity index (χ1v) is 8.78. The van der Waals surface area contributed by atoms with Crippen molar-refractivity contribution in [3.63, 3.8) is 0 Å². The number of hydrogen-bond acceptors (Lipinski definition) is 1. The maximum atomic E-state index is 4.02. The lowest BCUT2D eigenvalue weighted by Crippen LogP contribution is -2.57. The lowest BCUT2D eigenvalue weighted by Gasteiger charge is -2.59. The highest BCUT2D eigenvalue weighted by Gasteiger charge is 2.53. The fourth-order valence-corrected chi connectivity index (χ4v) is 5.99. The summed E-state index contributed by atoms with van der Waals surface area (Å²) >= 11 is 0. The molecule has 0 aromatic rings. The molecule has 4 fully saturated rings. The van der Waals surface area contributed by atoms with Gasteiger partial charge in [0.2, 0.25) is 0 Å². The molecule has 2 atom stereocenters. The molecule has 4 aliphatic carbocycles. The molecule has 110 valence electrons. The topological polar surface area (TPSA) is 12.0 Å². The standard InChI is InChI=1S/C18H33N/c1-5-17(12(2)3)19-13(4)18-9-14-6-15(10-18)8-16(7-14)11-18/h12-17,19H,5-11H2,1-4H3. The van der Waals surface area contributed by atoms with Crippen LogP contribution in [-0.4, -0.2) is 12.1 Å².